The van der Waals surface area contributed by atoms with Gasteiger partial charge in [0.25, 0.3) is 0 Å². The number of halogens is 1. The second kappa shape index (κ2) is 5.53. The molecular weight excluding hydrogens is 282 g/mol. The van der Waals surface area contributed by atoms with Gasteiger partial charge in [0.15, 0.2) is 0 Å². The van der Waals surface area contributed by atoms with Gasteiger partial charge in [-0.15, -0.1) is 24.0 Å². The molecule has 0 heterocycles. The van der Waals surface area contributed by atoms with Gasteiger partial charge in [-0.05, 0) is 0 Å². The third-order valence-corrected chi connectivity index (χ3v) is 0. The van der Waals surface area contributed by atoms with Gasteiger partial charge in [0, 0.05) is 0 Å². The van der Waals surface area contributed by atoms with Crippen LogP contribution in [0.3, 0.4) is 0 Å². The Kier molecular flexibility index (Phi) is 10.8. The molecule has 5 heavy (non-hydrogen) atoms. The third kappa shape index (κ3) is 29.5. The second-order valence-electron chi connectivity index (χ2n) is 1.50. The van der Waals surface area contributed by atoms with Gasteiger partial charge in [-0.25, -0.2) is 0 Å². The topological polar surface area (TPSA) is 0 Å². The molecule has 0 aromatic rings. The molecule has 0 N–H and O–H groups in total. The van der Waals surface area contributed by atoms with Gasteiger partial charge in [-0.2, -0.15) is 0 Å². The van der Waals surface area contributed by atoms with Crippen LogP contribution in [-0.4, -0.2) is 19.8 Å². The molecule has 0 unspecified atom stereocenters. The molecule has 0 aliphatic carbocycles. The average Bonchev–Trinajstić information content (AvgIpc) is 0.811. The predicted octanol–water partition coefficient (Wildman–Crippen LogP) is 1.99. The van der Waals surface area contributed by atoms with Crippen molar-refractivity contribution in [3.63, 3.8) is 0 Å². The number of rotatable bonds is 0. The second-order valence-corrected chi connectivity index (χ2v) is 10.1. The van der Waals surface area contributed by atoms with E-state index in [0.29, 0.717) is 0 Å². The molecule has 0 aromatic carbocycles. The first kappa shape index (κ1) is 9.73. The molecule has 0 saturated heterocycles. The Morgan fingerprint density at radius 3 is 1.00 bits per heavy atom. The first-order chi connectivity index (χ1) is 1.73. The van der Waals surface area contributed by atoms with Crippen LogP contribution in [0.5, 0.6) is 0 Å². The fourth-order valence-electron chi connectivity index (χ4n) is 0. The van der Waals surface area contributed by atoms with Crippen molar-refractivity contribution in [2.75, 3.05) is 0 Å². The maximum atomic E-state index is 2.36. The van der Waals surface area contributed by atoms with E-state index in [1.54, 1.807) is 0 Å². The molecule has 0 nitrogen and oxygen atoms in total. The summed E-state index contributed by atoms with van der Waals surface area (Å²) in [5.41, 5.74) is 0. The average molecular weight is 292 g/mol. The Morgan fingerprint density at radius 1 is 1.00 bits per heavy atom. The van der Waals surface area contributed by atoms with Crippen molar-refractivity contribution in [1.29, 1.82) is 0 Å². The minimum atomic E-state index is -0.543. The van der Waals surface area contributed by atoms with Crippen molar-refractivity contribution in [3.8, 4) is 0 Å². The van der Waals surface area contributed by atoms with Crippen LogP contribution in [0.4, 0.5) is 0 Å². The molecular formula is C3H10ISn. The summed E-state index contributed by atoms with van der Waals surface area (Å²) in [6.07, 6.45) is 0. The zero-order valence-electron chi connectivity index (χ0n) is 3.91. The van der Waals surface area contributed by atoms with Crippen LogP contribution < -0.4 is 0 Å². The summed E-state index contributed by atoms with van der Waals surface area (Å²) < 4.78 is 0. The Balaban J connectivity index is 0. The van der Waals surface area contributed by atoms with Crippen LogP contribution in [0.15, 0.2) is 0 Å². The summed E-state index contributed by atoms with van der Waals surface area (Å²) in [5.74, 6) is 0. The Hall–Kier alpha value is 1.53. The first-order valence-corrected chi connectivity index (χ1v) is 10.1. The van der Waals surface area contributed by atoms with Crippen LogP contribution in [0.2, 0.25) is 14.8 Å². The SMILES string of the molecule is I.[CH3][Sn]([CH3])[CH3]. The quantitative estimate of drug-likeness (QED) is 0.473. The molecule has 0 aliphatic heterocycles. The molecule has 0 rings (SSSR count). The molecule has 33 valence electrons. The Labute approximate surface area is 58.1 Å². The summed E-state index contributed by atoms with van der Waals surface area (Å²) in [7, 11) is 0. The van der Waals surface area contributed by atoms with E-state index in [4.69, 9.17) is 0 Å². The Bertz CT molecular complexity index is 11.6. The summed E-state index contributed by atoms with van der Waals surface area (Å²) in [5, 5.41) is 0. The number of hydrogen-bond donors (Lipinski definition) is 0. The van der Waals surface area contributed by atoms with Crippen molar-refractivity contribution in [2.24, 2.45) is 0 Å². The van der Waals surface area contributed by atoms with Gasteiger partial charge in [0.1, 0.15) is 0 Å². The van der Waals surface area contributed by atoms with Crippen LogP contribution in [0, 0.1) is 0 Å². The molecule has 0 aliphatic rings. The van der Waals surface area contributed by atoms with Crippen LogP contribution >= 0.6 is 24.0 Å². The van der Waals surface area contributed by atoms with Crippen molar-refractivity contribution >= 4 is 43.7 Å². The van der Waals surface area contributed by atoms with Crippen molar-refractivity contribution in [1.82, 2.24) is 0 Å². The zero-order chi connectivity index (χ0) is 3.58. The molecule has 0 bridgehead atoms. The van der Waals surface area contributed by atoms with E-state index in [9.17, 15) is 0 Å². The standard InChI is InChI=1S/3CH3.HI.Sn/h3*1H3;1H;. The van der Waals surface area contributed by atoms with Gasteiger partial charge in [-0.1, -0.05) is 0 Å². The van der Waals surface area contributed by atoms with Gasteiger partial charge >= 0.3 is 34.6 Å². The summed E-state index contributed by atoms with van der Waals surface area (Å²) in [6, 6.07) is 0. The van der Waals surface area contributed by atoms with Crippen molar-refractivity contribution in [3.05, 3.63) is 0 Å². The van der Waals surface area contributed by atoms with Gasteiger partial charge < -0.3 is 0 Å². The van der Waals surface area contributed by atoms with E-state index in [0.717, 1.165) is 0 Å². The van der Waals surface area contributed by atoms with E-state index in [2.05, 4.69) is 14.8 Å². The molecule has 0 amide bonds. The predicted molar refractivity (Wildman–Crippen MR) is 38.8 cm³/mol. The molecule has 0 aromatic heterocycles. The minimum absolute atomic E-state index is 0. The van der Waals surface area contributed by atoms with E-state index in [-0.39, 0.29) is 24.0 Å². The molecule has 0 atom stereocenters. The molecule has 1 radical (unpaired) electrons. The first-order valence-electron chi connectivity index (χ1n) is 1.50. The molecule has 0 fully saturated rings. The van der Waals surface area contributed by atoms with Crippen LogP contribution in [0.25, 0.3) is 0 Å². The van der Waals surface area contributed by atoms with E-state index < -0.39 is 19.8 Å². The number of hydrogen-bond acceptors (Lipinski definition) is 0. The Morgan fingerprint density at radius 2 is 1.00 bits per heavy atom. The van der Waals surface area contributed by atoms with E-state index >= 15 is 0 Å². The summed E-state index contributed by atoms with van der Waals surface area (Å²) >= 11 is -0.543. The third-order valence-electron chi connectivity index (χ3n) is 0. The van der Waals surface area contributed by atoms with Crippen LogP contribution in [0.1, 0.15) is 0 Å². The molecule has 0 spiro atoms. The zero-order valence-corrected chi connectivity index (χ0v) is 9.09. The summed E-state index contributed by atoms with van der Waals surface area (Å²) in [4.78, 5) is 7.09. The maximum absolute atomic E-state index is 2.36. The normalized spacial score (nSPS) is 7.20. The fraction of sp³-hybridized carbons (Fsp3) is 1.00. The summed E-state index contributed by atoms with van der Waals surface area (Å²) in [6.45, 7) is 0. The fourth-order valence-corrected chi connectivity index (χ4v) is 0. The van der Waals surface area contributed by atoms with Crippen LogP contribution in [-0.2, 0) is 0 Å². The molecule has 0 saturated carbocycles. The van der Waals surface area contributed by atoms with Gasteiger partial charge in [0.05, 0.1) is 0 Å². The van der Waals surface area contributed by atoms with E-state index in [1.807, 2.05) is 0 Å². The molecule has 2 heteroatoms. The van der Waals surface area contributed by atoms with Gasteiger partial charge in [0.2, 0.25) is 0 Å². The van der Waals surface area contributed by atoms with Crippen molar-refractivity contribution < 1.29 is 0 Å². The monoisotopic (exact) mass is 293 g/mol. The van der Waals surface area contributed by atoms with Gasteiger partial charge in [-0.3, -0.25) is 0 Å². The van der Waals surface area contributed by atoms with E-state index in [1.165, 1.54) is 0 Å². The van der Waals surface area contributed by atoms with Crippen molar-refractivity contribution in [2.45, 2.75) is 14.8 Å².